The third-order valence-electron chi connectivity index (χ3n) is 5.82. The van der Waals surface area contributed by atoms with E-state index in [-0.39, 0.29) is 0 Å². The van der Waals surface area contributed by atoms with Crippen molar-refractivity contribution in [2.24, 2.45) is 4.99 Å². The van der Waals surface area contributed by atoms with Gasteiger partial charge < -0.3 is 14.4 Å². The monoisotopic (exact) mass is 363 g/mol. The van der Waals surface area contributed by atoms with Crippen molar-refractivity contribution in [2.45, 2.75) is 18.8 Å². The van der Waals surface area contributed by atoms with Gasteiger partial charge in [-0.05, 0) is 54.0 Å². The third kappa shape index (κ3) is 3.26. The Hall–Kier alpha value is -2.24. The van der Waals surface area contributed by atoms with Gasteiger partial charge in [-0.2, -0.15) is 0 Å². The number of fused-ring (bicyclic) bond motifs is 1. The molecule has 0 aliphatic carbocycles. The van der Waals surface area contributed by atoms with Gasteiger partial charge in [0.25, 0.3) is 0 Å². The summed E-state index contributed by atoms with van der Waals surface area (Å²) in [7, 11) is 0. The summed E-state index contributed by atoms with van der Waals surface area (Å²) in [5.41, 5.74) is 4.72. The number of hydrogen-bond donors (Lipinski definition) is 0. The molecule has 0 unspecified atom stereocenters. The van der Waals surface area contributed by atoms with E-state index in [2.05, 4.69) is 40.2 Å². The number of aromatic nitrogens is 1. The Morgan fingerprint density at radius 3 is 2.56 bits per heavy atom. The zero-order chi connectivity index (χ0) is 18.1. The lowest BCUT2D eigenvalue weighted by Crippen LogP contribution is -2.36. The predicted octanol–water partition coefficient (Wildman–Crippen LogP) is 3.32. The first-order valence-corrected chi connectivity index (χ1v) is 9.94. The highest BCUT2D eigenvalue weighted by molar-refractivity contribution is 6.16. The zero-order valence-corrected chi connectivity index (χ0v) is 15.6. The predicted molar refractivity (Wildman–Crippen MR) is 108 cm³/mol. The van der Waals surface area contributed by atoms with E-state index >= 15 is 0 Å². The number of anilines is 1. The topological polar surface area (TPSA) is 47.0 Å². The molecule has 5 heteroatoms. The van der Waals surface area contributed by atoms with E-state index in [9.17, 15) is 0 Å². The number of nitrogens with zero attached hydrogens (tertiary/aromatic N) is 3. The van der Waals surface area contributed by atoms with Crippen LogP contribution < -0.4 is 4.90 Å². The Balaban J connectivity index is 1.68. The van der Waals surface area contributed by atoms with Crippen LogP contribution >= 0.6 is 0 Å². The van der Waals surface area contributed by atoms with Gasteiger partial charge in [0.15, 0.2) is 0 Å². The molecule has 0 bridgehead atoms. The summed E-state index contributed by atoms with van der Waals surface area (Å²) < 4.78 is 11.2. The van der Waals surface area contributed by atoms with Crippen molar-refractivity contribution in [2.75, 3.05) is 51.0 Å². The number of allylic oxidation sites excluding steroid dienone is 1. The van der Waals surface area contributed by atoms with Crippen LogP contribution in [0.2, 0.25) is 0 Å². The second kappa shape index (κ2) is 7.41. The minimum Gasteiger partial charge on any atom is -0.381 e. The summed E-state index contributed by atoms with van der Waals surface area (Å²) >= 11 is 0. The number of benzene rings is 1. The molecular formula is C22H25N3O2. The van der Waals surface area contributed by atoms with Crippen LogP contribution in [0.15, 0.2) is 41.5 Å². The van der Waals surface area contributed by atoms with Crippen LogP contribution in [-0.4, -0.2) is 56.8 Å². The van der Waals surface area contributed by atoms with Crippen LogP contribution in [0.1, 0.15) is 30.0 Å². The maximum Gasteiger partial charge on any atom is 0.0960 e. The summed E-state index contributed by atoms with van der Waals surface area (Å²) in [5.74, 6) is 0.540. The molecule has 0 N–H and O–H groups in total. The average Bonchev–Trinajstić information content (AvgIpc) is 3.28. The molecule has 2 aromatic rings. The van der Waals surface area contributed by atoms with Crippen molar-refractivity contribution in [1.82, 2.24) is 4.98 Å². The van der Waals surface area contributed by atoms with Crippen molar-refractivity contribution in [1.29, 1.82) is 0 Å². The Kier molecular flexibility index (Phi) is 4.64. The maximum atomic E-state index is 5.62. The molecule has 1 aromatic heterocycles. The molecule has 5 nitrogen and oxygen atoms in total. The molecular weight excluding hydrogens is 338 g/mol. The van der Waals surface area contributed by atoms with Crippen molar-refractivity contribution in [3.05, 3.63) is 47.8 Å². The first-order valence-electron chi connectivity index (χ1n) is 9.94. The van der Waals surface area contributed by atoms with Gasteiger partial charge >= 0.3 is 0 Å². The molecule has 3 aliphatic heterocycles. The molecule has 0 saturated carbocycles. The Bertz CT molecular complexity index is 894. The van der Waals surface area contributed by atoms with E-state index in [0.717, 1.165) is 70.3 Å². The van der Waals surface area contributed by atoms with Gasteiger partial charge in [-0.25, -0.2) is 0 Å². The zero-order valence-electron chi connectivity index (χ0n) is 15.6. The molecule has 1 aromatic carbocycles. The van der Waals surface area contributed by atoms with Gasteiger partial charge in [0, 0.05) is 43.6 Å². The normalized spacial score (nSPS) is 21.0. The van der Waals surface area contributed by atoms with Crippen LogP contribution in [0.25, 0.3) is 10.8 Å². The highest BCUT2D eigenvalue weighted by Gasteiger charge is 2.23. The van der Waals surface area contributed by atoms with Gasteiger partial charge in [-0.15, -0.1) is 0 Å². The summed E-state index contributed by atoms with van der Waals surface area (Å²) in [6.45, 7) is 5.91. The molecule has 0 amide bonds. The van der Waals surface area contributed by atoms with E-state index in [4.69, 9.17) is 14.5 Å². The smallest absolute Gasteiger partial charge is 0.0960 e. The number of rotatable bonds is 3. The summed E-state index contributed by atoms with van der Waals surface area (Å²) in [4.78, 5) is 11.8. The van der Waals surface area contributed by atoms with Crippen molar-refractivity contribution >= 4 is 22.2 Å². The van der Waals surface area contributed by atoms with E-state index in [1.54, 1.807) is 0 Å². The number of pyridine rings is 1. The van der Waals surface area contributed by atoms with Crippen LogP contribution in [-0.2, 0) is 9.47 Å². The van der Waals surface area contributed by atoms with Crippen molar-refractivity contribution in [3.63, 3.8) is 0 Å². The largest absolute Gasteiger partial charge is 0.381 e. The molecule has 2 saturated heterocycles. The summed E-state index contributed by atoms with van der Waals surface area (Å²) in [6.07, 6.45) is 8.29. The lowest BCUT2D eigenvalue weighted by atomic mass is 9.87. The number of aliphatic imine (C=N–C) groups is 1. The first-order chi connectivity index (χ1) is 13.4. The van der Waals surface area contributed by atoms with Gasteiger partial charge in [-0.1, -0.05) is 6.08 Å². The highest BCUT2D eigenvalue weighted by Crippen LogP contribution is 2.37. The van der Waals surface area contributed by atoms with E-state index < -0.39 is 0 Å². The number of morpholine rings is 1. The molecule has 0 radical (unpaired) electrons. The molecule has 0 atom stereocenters. The Labute approximate surface area is 159 Å². The van der Waals surface area contributed by atoms with Crippen LogP contribution in [0, 0.1) is 0 Å². The number of ether oxygens (including phenoxy) is 2. The fourth-order valence-electron chi connectivity index (χ4n) is 4.37. The average molecular weight is 363 g/mol. The van der Waals surface area contributed by atoms with Crippen molar-refractivity contribution < 1.29 is 9.47 Å². The molecule has 5 rings (SSSR count). The fraction of sp³-hybridized carbons (Fsp3) is 0.455. The van der Waals surface area contributed by atoms with Gasteiger partial charge in [-0.3, -0.25) is 9.98 Å². The van der Waals surface area contributed by atoms with Crippen molar-refractivity contribution in [3.8, 4) is 0 Å². The Morgan fingerprint density at radius 1 is 0.963 bits per heavy atom. The highest BCUT2D eigenvalue weighted by atomic mass is 16.5. The molecule has 0 spiro atoms. The minimum atomic E-state index is 0.540. The van der Waals surface area contributed by atoms with E-state index in [1.807, 2.05) is 6.20 Å². The SMILES string of the molecule is C1=CC(c2nccc3c(C4CCOCC4)cc(N4CCOCC4)cc23)=NC1. The van der Waals surface area contributed by atoms with E-state index in [0.29, 0.717) is 5.92 Å². The minimum absolute atomic E-state index is 0.540. The summed E-state index contributed by atoms with van der Waals surface area (Å²) in [6, 6.07) is 6.88. The van der Waals surface area contributed by atoms with Gasteiger partial charge in [0.2, 0.25) is 0 Å². The Morgan fingerprint density at radius 2 is 1.78 bits per heavy atom. The van der Waals surface area contributed by atoms with E-state index in [1.165, 1.54) is 22.0 Å². The van der Waals surface area contributed by atoms with Crippen LogP contribution in [0.4, 0.5) is 5.69 Å². The van der Waals surface area contributed by atoms with Gasteiger partial charge in [0.05, 0.1) is 31.2 Å². The molecule has 140 valence electrons. The van der Waals surface area contributed by atoms with Crippen LogP contribution in [0.3, 0.4) is 0 Å². The second-order valence-corrected chi connectivity index (χ2v) is 7.40. The first kappa shape index (κ1) is 16.9. The molecule has 2 fully saturated rings. The standard InChI is InChI=1S/C22H25N3O2/c1-2-21(23-6-1)22-20-15-17(25-8-12-27-13-9-25)14-19(18(20)3-7-24-22)16-4-10-26-11-5-16/h1-3,7,14-16H,4-6,8-13H2. The second-order valence-electron chi connectivity index (χ2n) is 7.40. The van der Waals surface area contributed by atoms with Gasteiger partial charge in [0.1, 0.15) is 0 Å². The fourth-order valence-corrected chi connectivity index (χ4v) is 4.37. The molecule has 4 heterocycles. The molecule has 3 aliphatic rings. The summed E-state index contributed by atoms with van der Waals surface area (Å²) in [5, 5.41) is 2.53. The lowest BCUT2D eigenvalue weighted by Gasteiger charge is -2.31. The lowest BCUT2D eigenvalue weighted by molar-refractivity contribution is 0.0856. The van der Waals surface area contributed by atoms with Crippen LogP contribution in [0.5, 0.6) is 0 Å². The number of hydrogen-bond acceptors (Lipinski definition) is 5. The third-order valence-corrected chi connectivity index (χ3v) is 5.82. The molecule has 27 heavy (non-hydrogen) atoms. The quantitative estimate of drug-likeness (QED) is 0.839. The maximum absolute atomic E-state index is 5.62.